The minimum absolute atomic E-state index is 0.0685. The second-order valence-electron chi connectivity index (χ2n) is 6.18. The van der Waals surface area contributed by atoms with E-state index in [1.165, 1.54) is 12.3 Å². The Morgan fingerprint density at radius 2 is 1.89 bits per heavy atom. The van der Waals surface area contributed by atoms with Gasteiger partial charge in [-0.3, -0.25) is 4.68 Å². The summed E-state index contributed by atoms with van der Waals surface area (Å²) >= 11 is 0. The molecule has 27 heavy (non-hydrogen) atoms. The maximum absolute atomic E-state index is 11.5. The van der Waals surface area contributed by atoms with Crippen LogP contribution in [0.5, 0.6) is 11.5 Å². The number of furan rings is 1. The number of carbonyl (C=O) groups is 1. The Morgan fingerprint density at radius 3 is 2.67 bits per heavy atom. The number of hydrogen-bond donors (Lipinski definition) is 1. The van der Waals surface area contributed by atoms with Gasteiger partial charge in [-0.15, -0.1) is 0 Å². The van der Waals surface area contributed by atoms with Crippen LogP contribution in [-0.2, 0) is 6.54 Å². The van der Waals surface area contributed by atoms with Crippen molar-refractivity contribution in [2.45, 2.75) is 6.54 Å². The van der Waals surface area contributed by atoms with Crippen LogP contribution in [0.2, 0.25) is 0 Å². The van der Waals surface area contributed by atoms with Crippen molar-refractivity contribution in [1.82, 2.24) is 9.78 Å². The molecule has 1 aliphatic heterocycles. The Kier molecular flexibility index (Phi) is 3.39. The molecule has 0 fully saturated rings. The van der Waals surface area contributed by atoms with Crippen LogP contribution in [-0.4, -0.2) is 27.6 Å². The molecule has 0 radical (unpaired) electrons. The number of aromatic nitrogens is 2. The molecular weight excluding hydrogens is 348 g/mol. The highest BCUT2D eigenvalue weighted by atomic mass is 16.7. The van der Waals surface area contributed by atoms with Crippen LogP contribution in [0.1, 0.15) is 15.9 Å². The summed E-state index contributed by atoms with van der Waals surface area (Å²) in [6.45, 7) is 0.685. The summed E-state index contributed by atoms with van der Waals surface area (Å²) in [7, 11) is 0. The second kappa shape index (κ2) is 5.91. The van der Waals surface area contributed by atoms with E-state index in [9.17, 15) is 9.90 Å². The fraction of sp³-hybridized carbons (Fsp3) is 0.100. The molecule has 0 aliphatic carbocycles. The lowest BCUT2D eigenvalue weighted by Gasteiger charge is -2.04. The Balaban J connectivity index is 1.73. The molecule has 3 heterocycles. The summed E-state index contributed by atoms with van der Waals surface area (Å²) in [5, 5.41) is 14.8. The second-order valence-corrected chi connectivity index (χ2v) is 6.18. The van der Waals surface area contributed by atoms with E-state index in [0.717, 1.165) is 16.5 Å². The topological polar surface area (TPSA) is 86.7 Å². The SMILES string of the molecule is O=C(O)c1ccoc1-c1nn(Cc2ccccc2)c2cc3c(cc12)OCO3. The Hall–Kier alpha value is -3.74. The number of rotatable bonds is 4. The van der Waals surface area contributed by atoms with Gasteiger partial charge in [-0.25, -0.2) is 4.79 Å². The van der Waals surface area contributed by atoms with Crippen LogP contribution in [0.15, 0.2) is 59.2 Å². The van der Waals surface area contributed by atoms with Crippen LogP contribution in [0.4, 0.5) is 0 Å². The maximum Gasteiger partial charge on any atom is 0.339 e. The Morgan fingerprint density at radius 1 is 1.11 bits per heavy atom. The first-order valence-corrected chi connectivity index (χ1v) is 8.36. The van der Waals surface area contributed by atoms with Crippen molar-refractivity contribution in [3.05, 3.63) is 65.9 Å². The summed E-state index contributed by atoms with van der Waals surface area (Å²) < 4.78 is 18.3. The third kappa shape index (κ3) is 2.52. The highest BCUT2D eigenvalue weighted by Gasteiger charge is 2.25. The molecular formula is C20H14N2O5. The molecule has 5 rings (SSSR count). The van der Waals surface area contributed by atoms with Gasteiger partial charge >= 0.3 is 5.97 Å². The van der Waals surface area contributed by atoms with Crippen LogP contribution in [0.3, 0.4) is 0 Å². The summed E-state index contributed by atoms with van der Waals surface area (Å²) in [6.07, 6.45) is 1.35. The number of aromatic carboxylic acids is 1. The fourth-order valence-electron chi connectivity index (χ4n) is 3.27. The van der Waals surface area contributed by atoms with Gasteiger partial charge in [-0.2, -0.15) is 5.10 Å². The highest BCUT2D eigenvalue weighted by Crippen LogP contribution is 2.40. The number of carboxylic acid groups (broad SMARTS) is 1. The monoisotopic (exact) mass is 362 g/mol. The molecule has 0 unspecified atom stereocenters. The van der Waals surface area contributed by atoms with Crippen molar-refractivity contribution in [3.63, 3.8) is 0 Å². The number of hydrogen-bond acceptors (Lipinski definition) is 5. The van der Waals surface area contributed by atoms with E-state index in [1.807, 2.05) is 47.1 Å². The molecule has 2 aromatic carbocycles. The van der Waals surface area contributed by atoms with Crippen molar-refractivity contribution < 1.29 is 23.8 Å². The predicted octanol–water partition coefficient (Wildman–Crippen LogP) is 3.77. The average molecular weight is 362 g/mol. The largest absolute Gasteiger partial charge is 0.478 e. The molecule has 0 atom stereocenters. The lowest BCUT2D eigenvalue weighted by molar-refractivity contribution is 0.0697. The molecule has 0 amide bonds. The molecule has 1 aliphatic rings. The van der Waals surface area contributed by atoms with Gasteiger partial charge in [0.1, 0.15) is 11.3 Å². The minimum Gasteiger partial charge on any atom is -0.478 e. The molecule has 0 saturated heterocycles. The van der Waals surface area contributed by atoms with Gasteiger partial charge in [0.25, 0.3) is 0 Å². The molecule has 134 valence electrons. The third-order valence-electron chi connectivity index (χ3n) is 4.53. The molecule has 7 heteroatoms. The van der Waals surface area contributed by atoms with Gasteiger partial charge in [0, 0.05) is 11.5 Å². The number of benzene rings is 2. The zero-order valence-electron chi connectivity index (χ0n) is 14.1. The first kappa shape index (κ1) is 15.5. The van der Waals surface area contributed by atoms with E-state index in [0.29, 0.717) is 23.7 Å². The van der Waals surface area contributed by atoms with Crippen molar-refractivity contribution in [2.24, 2.45) is 0 Å². The van der Waals surface area contributed by atoms with Gasteiger partial charge in [-0.1, -0.05) is 30.3 Å². The molecule has 0 saturated carbocycles. The molecule has 1 N–H and O–H groups in total. The van der Waals surface area contributed by atoms with E-state index in [4.69, 9.17) is 13.9 Å². The third-order valence-corrected chi connectivity index (χ3v) is 4.53. The first-order chi connectivity index (χ1) is 13.2. The number of fused-ring (bicyclic) bond motifs is 2. The first-order valence-electron chi connectivity index (χ1n) is 8.36. The smallest absolute Gasteiger partial charge is 0.339 e. The maximum atomic E-state index is 11.5. The number of carboxylic acids is 1. The van der Waals surface area contributed by atoms with Crippen LogP contribution in [0, 0.1) is 0 Å². The summed E-state index contributed by atoms with van der Waals surface area (Å²) in [4.78, 5) is 11.5. The van der Waals surface area contributed by atoms with Crippen LogP contribution in [0.25, 0.3) is 22.4 Å². The lowest BCUT2D eigenvalue weighted by Crippen LogP contribution is -2.02. The normalized spacial score (nSPS) is 12.6. The summed E-state index contributed by atoms with van der Waals surface area (Å²) in [5.41, 5.74) is 2.41. The molecule has 2 aromatic heterocycles. The van der Waals surface area contributed by atoms with E-state index in [2.05, 4.69) is 5.10 Å². The van der Waals surface area contributed by atoms with Crippen molar-refractivity contribution >= 4 is 16.9 Å². The highest BCUT2D eigenvalue weighted by molar-refractivity contribution is 6.01. The van der Waals surface area contributed by atoms with Gasteiger partial charge in [0.2, 0.25) is 6.79 Å². The Bertz CT molecular complexity index is 1160. The number of nitrogens with zero attached hydrogens (tertiary/aromatic N) is 2. The standard InChI is InChI=1S/C20H14N2O5/c23-20(24)13-6-7-25-19(13)18-14-8-16-17(27-11-26-16)9-15(14)22(21-18)10-12-4-2-1-3-5-12/h1-9H,10-11H2,(H,23,24). The van der Waals surface area contributed by atoms with Crippen LogP contribution >= 0.6 is 0 Å². The van der Waals surface area contributed by atoms with Crippen molar-refractivity contribution in [2.75, 3.05) is 6.79 Å². The quantitative estimate of drug-likeness (QED) is 0.595. The molecule has 0 bridgehead atoms. The predicted molar refractivity (Wildman–Crippen MR) is 96.1 cm³/mol. The van der Waals surface area contributed by atoms with Gasteiger partial charge in [-0.05, 0) is 17.7 Å². The molecule has 4 aromatic rings. The molecule has 7 nitrogen and oxygen atoms in total. The van der Waals surface area contributed by atoms with E-state index in [1.54, 1.807) is 0 Å². The van der Waals surface area contributed by atoms with E-state index >= 15 is 0 Å². The van der Waals surface area contributed by atoms with Crippen LogP contribution < -0.4 is 9.47 Å². The van der Waals surface area contributed by atoms with Gasteiger partial charge in [0.15, 0.2) is 17.3 Å². The average Bonchev–Trinajstić information content (AvgIpc) is 3.39. The molecule has 0 spiro atoms. The summed E-state index contributed by atoms with van der Waals surface area (Å²) in [6, 6.07) is 15.0. The van der Waals surface area contributed by atoms with E-state index in [-0.39, 0.29) is 18.1 Å². The zero-order chi connectivity index (χ0) is 18.4. The van der Waals surface area contributed by atoms with Crippen molar-refractivity contribution in [1.29, 1.82) is 0 Å². The lowest BCUT2D eigenvalue weighted by atomic mass is 10.1. The Labute approximate surface area is 153 Å². The fourth-order valence-corrected chi connectivity index (χ4v) is 3.27. The summed E-state index contributed by atoms with van der Waals surface area (Å²) in [5.74, 6) is 0.399. The van der Waals surface area contributed by atoms with Crippen molar-refractivity contribution in [3.8, 4) is 23.0 Å². The minimum atomic E-state index is -1.06. The van der Waals surface area contributed by atoms with Gasteiger partial charge in [0.05, 0.1) is 18.3 Å². The van der Waals surface area contributed by atoms with E-state index < -0.39 is 5.97 Å². The number of ether oxygens (including phenoxy) is 2. The van der Waals surface area contributed by atoms with Gasteiger partial charge < -0.3 is 19.0 Å². The zero-order valence-corrected chi connectivity index (χ0v) is 14.1.